The Bertz CT molecular complexity index is 1520. The van der Waals surface area contributed by atoms with Crippen molar-refractivity contribution in [3.05, 3.63) is 89.1 Å². The summed E-state index contributed by atoms with van der Waals surface area (Å²) >= 11 is 6.01. The molecule has 0 spiro atoms. The maximum Gasteiger partial charge on any atom is 0.247 e. The number of hydrogen-bond donors (Lipinski definition) is 1. The van der Waals surface area contributed by atoms with Crippen molar-refractivity contribution in [2.75, 3.05) is 23.4 Å². The number of carbonyl (C=O) groups is 3. The summed E-state index contributed by atoms with van der Waals surface area (Å²) in [5.41, 5.74) is 2.84. The highest BCUT2D eigenvalue weighted by atomic mass is 35.5. The van der Waals surface area contributed by atoms with Crippen LogP contribution in [0.4, 0.5) is 11.4 Å². The van der Waals surface area contributed by atoms with E-state index in [1.54, 1.807) is 42.5 Å². The van der Waals surface area contributed by atoms with Gasteiger partial charge in [0.2, 0.25) is 17.7 Å². The molecule has 38 heavy (non-hydrogen) atoms. The van der Waals surface area contributed by atoms with Crippen LogP contribution in [0.25, 0.3) is 6.08 Å². The minimum atomic E-state index is -0.885. The van der Waals surface area contributed by atoms with Crippen molar-refractivity contribution in [3.63, 3.8) is 0 Å². The summed E-state index contributed by atoms with van der Waals surface area (Å²) in [6.45, 7) is 0.823. The maximum absolute atomic E-state index is 14.0. The van der Waals surface area contributed by atoms with Crippen molar-refractivity contribution in [1.29, 1.82) is 0 Å². The van der Waals surface area contributed by atoms with E-state index in [4.69, 9.17) is 21.1 Å². The monoisotopic (exact) mass is 527 g/mol. The fourth-order valence-electron chi connectivity index (χ4n) is 6.03. The third kappa shape index (κ3) is 3.40. The molecule has 1 unspecified atom stereocenters. The van der Waals surface area contributed by atoms with Gasteiger partial charge in [0.15, 0.2) is 11.5 Å². The quantitative estimate of drug-likeness (QED) is 0.512. The number of fused-ring (bicyclic) bond motifs is 6. The normalized spacial score (nSPS) is 24.7. The molecule has 3 aromatic carbocycles. The van der Waals surface area contributed by atoms with Crippen LogP contribution in [-0.2, 0) is 14.4 Å². The van der Waals surface area contributed by atoms with Crippen molar-refractivity contribution >= 4 is 46.8 Å². The van der Waals surface area contributed by atoms with Crippen molar-refractivity contribution < 1.29 is 23.9 Å². The highest BCUT2D eigenvalue weighted by molar-refractivity contribution is 6.30. The molecule has 2 fully saturated rings. The number of nitrogens with zero attached hydrogens (tertiary/aromatic N) is 2. The van der Waals surface area contributed by atoms with Crippen molar-refractivity contribution in [1.82, 2.24) is 4.90 Å². The van der Waals surface area contributed by atoms with Gasteiger partial charge in [-0.2, -0.15) is 0 Å². The number of amides is 3. The molecule has 4 aliphatic rings. The van der Waals surface area contributed by atoms with Crippen molar-refractivity contribution in [2.45, 2.75) is 12.1 Å². The average Bonchev–Trinajstić information content (AvgIpc) is 3.42. The molecule has 9 heteroatoms. The van der Waals surface area contributed by atoms with Crippen molar-refractivity contribution in [2.24, 2.45) is 11.8 Å². The van der Waals surface area contributed by atoms with Crippen LogP contribution >= 0.6 is 11.6 Å². The predicted octanol–water partition coefficient (Wildman–Crippen LogP) is 4.27. The smallest absolute Gasteiger partial charge is 0.247 e. The van der Waals surface area contributed by atoms with E-state index >= 15 is 0 Å². The summed E-state index contributed by atoms with van der Waals surface area (Å²) in [5, 5.41) is 3.47. The molecule has 3 aromatic rings. The van der Waals surface area contributed by atoms with Crippen LogP contribution in [0, 0.1) is 11.8 Å². The standard InChI is InChI=1S/C29H22ClN3O5/c30-17-5-7-18(8-6-17)31-27(34)26-24-23(25-20-4-2-1-3-16(20)11-12-32(25)26)28(35)33(29(24)36)19-9-10-21-22(15-19)38-14-13-37-21/h1-12,15,23-26H,13-14H2,(H,31,34)/t23-,24+,25?,26-/m1/s1. The lowest BCUT2D eigenvalue weighted by atomic mass is 9.84. The Morgan fingerprint density at radius 1 is 0.895 bits per heavy atom. The van der Waals surface area contributed by atoms with E-state index in [1.165, 1.54) is 4.90 Å². The molecule has 190 valence electrons. The Morgan fingerprint density at radius 3 is 2.45 bits per heavy atom. The molecule has 2 saturated heterocycles. The van der Waals surface area contributed by atoms with Crippen LogP contribution in [0.3, 0.4) is 0 Å². The molecule has 4 heterocycles. The molecular weight excluding hydrogens is 506 g/mol. The second kappa shape index (κ2) is 8.63. The summed E-state index contributed by atoms with van der Waals surface area (Å²) in [6, 6.07) is 18.2. The highest BCUT2D eigenvalue weighted by Gasteiger charge is 2.64. The van der Waals surface area contributed by atoms with Gasteiger partial charge in [0, 0.05) is 23.0 Å². The van der Waals surface area contributed by atoms with Gasteiger partial charge in [0.05, 0.1) is 23.6 Å². The molecule has 4 atom stereocenters. The Labute approximate surface area is 223 Å². The Hall–Kier alpha value is -4.30. The van der Waals surface area contributed by atoms with Gasteiger partial charge in [-0.25, -0.2) is 4.90 Å². The fourth-order valence-corrected chi connectivity index (χ4v) is 6.16. The van der Waals surface area contributed by atoms with Gasteiger partial charge in [0.25, 0.3) is 0 Å². The number of rotatable bonds is 3. The Balaban J connectivity index is 1.30. The van der Waals surface area contributed by atoms with Gasteiger partial charge in [-0.1, -0.05) is 35.9 Å². The summed E-state index contributed by atoms with van der Waals surface area (Å²) in [4.78, 5) is 44.9. The van der Waals surface area contributed by atoms with E-state index in [-0.39, 0.29) is 11.8 Å². The lowest BCUT2D eigenvalue weighted by Crippen LogP contribution is -2.46. The summed E-state index contributed by atoms with van der Waals surface area (Å²) in [5.74, 6) is -1.66. The van der Waals surface area contributed by atoms with Gasteiger partial charge < -0.3 is 19.7 Å². The van der Waals surface area contributed by atoms with Crippen LogP contribution in [-0.4, -0.2) is 41.9 Å². The highest BCUT2D eigenvalue weighted by Crippen LogP contribution is 2.53. The third-order valence-electron chi connectivity index (χ3n) is 7.63. The molecule has 8 nitrogen and oxygen atoms in total. The molecular formula is C29H22ClN3O5. The molecule has 0 aliphatic carbocycles. The van der Waals surface area contributed by atoms with E-state index in [9.17, 15) is 14.4 Å². The number of benzene rings is 3. The molecule has 0 saturated carbocycles. The van der Waals surface area contributed by atoms with E-state index in [0.717, 1.165) is 11.1 Å². The largest absolute Gasteiger partial charge is 0.486 e. The molecule has 7 rings (SSSR count). The number of carbonyl (C=O) groups excluding carboxylic acids is 3. The zero-order chi connectivity index (χ0) is 26.0. The molecule has 0 bridgehead atoms. The minimum Gasteiger partial charge on any atom is -0.486 e. The number of nitrogens with one attached hydrogen (secondary N) is 1. The van der Waals surface area contributed by atoms with Crippen LogP contribution in [0.5, 0.6) is 11.5 Å². The zero-order valence-electron chi connectivity index (χ0n) is 20.0. The number of imide groups is 1. The zero-order valence-corrected chi connectivity index (χ0v) is 20.8. The van der Waals surface area contributed by atoms with Gasteiger partial charge >= 0.3 is 0 Å². The molecule has 3 amide bonds. The summed E-state index contributed by atoms with van der Waals surface area (Å²) < 4.78 is 11.3. The molecule has 4 aliphatic heterocycles. The lowest BCUT2D eigenvalue weighted by Gasteiger charge is -2.35. The average molecular weight is 528 g/mol. The van der Waals surface area contributed by atoms with E-state index in [1.807, 2.05) is 41.4 Å². The molecule has 1 N–H and O–H groups in total. The first-order chi connectivity index (χ1) is 18.5. The van der Waals surface area contributed by atoms with Crippen LogP contribution in [0.2, 0.25) is 5.02 Å². The second-order valence-corrected chi connectivity index (χ2v) is 10.1. The van der Waals surface area contributed by atoms with E-state index in [0.29, 0.717) is 41.1 Å². The van der Waals surface area contributed by atoms with Crippen LogP contribution < -0.4 is 19.7 Å². The van der Waals surface area contributed by atoms with Gasteiger partial charge in [-0.05, 0) is 53.6 Å². The van der Waals surface area contributed by atoms with Gasteiger partial charge in [-0.3, -0.25) is 14.4 Å². The Kier molecular flexibility index (Phi) is 5.19. The van der Waals surface area contributed by atoms with Crippen molar-refractivity contribution in [3.8, 4) is 11.5 Å². The maximum atomic E-state index is 14.0. The lowest BCUT2D eigenvalue weighted by molar-refractivity contribution is -0.128. The van der Waals surface area contributed by atoms with Crippen LogP contribution in [0.15, 0.2) is 72.9 Å². The number of hydrogen-bond acceptors (Lipinski definition) is 6. The number of anilines is 2. The second-order valence-electron chi connectivity index (χ2n) is 9.67. The Morgan fingerprint density at radius 2 is 1.63 bits per heavy atom. The number of halogens is 1. The summed E-state index contributed by atoms with van der Waals surface area (Å²) in [6.07, 6.45) is 3.75. The third-order valence-corrected chi connectivity index (χ3v) is 7.88. The topological polar surface area (TPSA) is 88.2 Å². The van der Waals surface area contributed by atoms with E-state index in [2.05, 4.69) is 5.32 Å². The van der Waals surface area contributed by atoms with Gasteiger partial charge in [0.1, 0.15) is 19.3 Å². The first-order valence-electron chi connectivity index (χ1n) is 12.4. The predicted molar refractivity (Wildman–Crippen MR) is 141 cm³/mol. The van der Waals surface area contributed by atoms with Gasteiger partial charge in [-0.15, -0.1) is 0 Å². The molecule has 0 aromatic heterocycles. The first kappa shape index (κ1) is 22.9. The fraction of sp³-hybridized carbons (Fsp3) is 0.207. The van der Waals surface area contributed by atoms with E-state index < -0.39 is 29.8 Å². The number of ether oxygens (including phenoxy) is 2. The molecule has 0 radical (unpaired) electrons. The summed E-state index contributed by atoms with van der Waals surface area (Å²) in [7, 11) is 0. The van der Waals surface area contributed by atoms with Crippen LogP contribution in [0.1, 0.15) is 17.2 Å². The minimum absolute atomic E-state index is 0.335. The SMILES string of the molecule is O=C(Nc1ccc(Cl)cc1)[C@H]1[C@H]2C(=O)N(c3ccc4c(c3)OCCO4)C(=O)[C@H]2C2c3ccccc3C=CN21. The first-order valence-corrected chi connectivity index (χ1v) is 12.8.